The van der Waals surface area contributed by atoms with E-state index in [1.165, 1.54) is 0 Å². The molecule has 0 fully saturated rings. The van der Waals surface area contributed by atoms with Gasteiger partial charge in [0.1, 0.15) is 13.2 Å². The van der Waals surface area contributed by atoms with E-state index in [-0.39, 0.29) is 19.1 Å². The van der Waals surface area contributed by atoms with Gasteiger partial charge in [-0.3, -0.25) is 9.59 Å². The van der Waals surface area contributed by atoms with Gasteiger partial charge in [0.15, 0.2) is 0 Å². The Balaban J connectivity index is 1.79. The van der Waals surface area contributed by atoms with Gasteiger partial charge in [-0.2, -0.15) is 0 Å². The van der Waals surface area contributed by atoms with Gasteiger partial charge in [0.25, 0.3) is 5.91 Å². The second-order valence-electron chi connectivity index (χ2n) is 4.64. The maximum atomic E-state index is 11.9. The lowest BCUT2D eigenvalue weighted by atomic mass is 10.1. The number of carbonyl (C=O) groups excluding carboxylic acids is 2. The fraction of sp³-hybridized carbons (Fsp3) is 0.176. The average molecular weight is 283 g/mol. The van der Waals surface area contributed by atoms with E-state index in [0.717, 1.165) is 11.1 Å². The molecule has 0 aromatic heterocycles. The Hall–Kier alpha value is -2.62. The number of hydrogen-bond acceptors (Lipinski definition) is 3. The first kappa shape index (κ1) is 14.8. The normalized spacial score (nSPS) is 9.95. The first-order chi connectivity index (χ1) is 10.2. The van der Waals surface area contributed by atoms with E-state index < -0.39 is 5.97 Å². The predicted octanol–water partition coefficient (Wildman–Crippen LogP) is 2.47. The molecule has 2 rings (SSSR count). The molecule has 0 saturated carbocycles. The van der Waals surface area contributed by atoms with E-state index in [1.807, 2.05) is 49.4 Å². The van der Waals surface area contributed by atoms with Crippen molar-refractivity contribution in [2.75, 3.05) is 6.54 Å². The predicted molar refractivity (Wildman–Crippen MR) is 79.8 cm³/mol. The van der Waals surface area contributed by atoms with E-state index in [0.29, 0.717) is 5.56 Å². The molecule has 2 aromatic rings. The monoisotopic (exact) mass is 283 g/mol. The number of aryl methyl sites for hydroxylation is 1. The fourth-order valence-electron chi connectivity index (χ4n) is 1.86. The largest absolute Gasteiger partial charge is 0.460 e. The van der Waals surface area contributed by atoms with Crippen molar-refractivity contribution >= 4 is 11.9 Å². The van der Waals surface area contributed by atoms with Crippen LogP contribution in [0, 0.1) is 6.92 Å². The van der Waals surface area contributed by atoms with Crippen molar-refractivity contribution in [1.82, 2.24) is 5.32 Å². The minimum absolute atomic E-state index is 0.139. The first-order valence-electron chi connectivity index (χ1n) is 6.70. The van der Waals surface area contributed by atoms with E-state index in [2.05, 4.69) is 5.32 Å². The third-order valence-electron chi connectivity index (χ3n) is 3.03. The van der Waals surface area contributed by atoms with Crippen LogP contribution in [0.1, 0.15) is 21.5 Å². The average Bonchev–Trinajstić information content (AvgIpc) is 2.52. The topological polar surface area (TPSA) is 55.4 Å². The summed E-state index contributed by atoms with van der Waals surface area (Å²) in [6.45, 7) is 1.92. The molecule has 21 heavy (non-hydrogen) atoms. The van der Waals surface area contributed by atoms with Crippen LogP contribution in [0.3, 0.4) is 0 Å². The fourth-order valence-corrected chi connectivity index (χ4v) is 1.86. The second-order valence-corrected chi connectivity index (χ2v) is 4.64. The Labute approximate surface area is 123 Å². The number of amides is 1. The van der Waals surface area contributed by atoms with Gasteiger partial charge < -0.3 is 10.1 Å². The third-order valence-corrected chi connectivity index (χ3v) is 3.03. The van der Waals surface area contributed by atoms with Gasteiger partial charge >= 0.3 is 5.97 Å². The minimum atomic E-state index is -0.458. The molecule has 0 saturated heterocycles. The van der Waals surface area contributed by atoms with Crippen molar-refractivity contribution < 1.29 is 14.3 Å². The van der Waals surface area contributed by atoms with Gasteiger partial charge in [0.2, 0.25) is 0 Å². The van der Waals surface area contributed by atoms with Crippen molar-refractivity contribution in [2.45, 2.75) is 13.5 Å². The van der Waals surface area contributed by atoms with E-state index in [9.17, 15) is 9.59 Å². The van der Waals surface area contributed by atoms with Gasteiger partial charge in [0.05, 0.1) is 0 Å². The minimum Gasteiger partial charge on any atom is -0.460 e. The van der Waals surface area contributed by atoms with Crippen LogP contribution in [-0.2, 0) is 16.1 Å². The highest BCUT2D eigenvalue weighted by Crippen LogP contribution is 2.06. The number of benzene rings is 2. The summed E-state index contributed by atoms with van der Waals surface area (Å²) in [5.74, 6) is -0.731. The molecule has 0 bridgehead atoms. The van der Waals surface area contributed by atoms with Crippen molar-refractivity contribution in [3.8, 4) is 0 Å². The number of rotatable bonds is 5. The SMILES string of the molecule is Cc1ccccc1C(=O)NCC(=O)OCc1ccccc1. The second kappa shape index (κ2) is 7.24. The summed E-state index contributed by atoms with van der Waals surface area (Å²) in [4.78, 5) is 23.5. The van der Waals surface area contributed by atoms with Crippen LogP contribution in [0.15, 0.2) is 54.6 Å². The van der Waals surface area contributed by atoms with Crippen molar-refractivity contribution in [3.63, 3.8) is 0 Å². The summed E-state index contributed by atoms with van der Waals surface area (Å²) in [6, 6.07) is 16.6. The molecule has 0 radical (unpaired) electrons. The van der Waals surface area contributed by atoms with Gasteiger partial charge in [-0.25, -0.2) is 0 Å². The molecule has 4 heteroatoms. The van der Waals surface area contributed by atoms with Crippen LogP contribution in [0.2, 0.25) is 0 Å². The summed E-state index contributed by atoms with van der Waals surface area (Å²) in [5.41, 5.74) is 2.34. The van der Waals surface area contributed by atoms with Crippen LogP contribution in [-0.4, -0.2) is 18.4 Å². The molecule has 108 valence electrons. The third kappa shape index (κ3) is 4.45. The molecule has 0 heterocycles. The zero-order valence-electron chi connectivity index (χ0n) is 11.8. The molecular weight excluding hydrogens is 266 g/mol. The van der Waals surface area contributed by atoms with Gasteiger partial charge in [-0.15, -0.1) is 0 Å². The lowest BCUT2D eigenvalue weighted by Crippen LogP contribution is -2.31. The zero-order chi connectivity index (χ0) is 15.1. The number of hydrogen-bond donors (Lipinski definition) is 1. The first-order valence-corrected chi connectivity index (χ1v) is 6.70. The molecule has 0 aliphatic carbocycles. The summed E-state index contributed by atoms with van der Waals surface area (Å²) in [7, 11) is 0. The van der Waals surface area contributed by atoms with Gasteiger partial charge in [-0.1, -0.05) is 48.5 Å². The van der Waals surface area contributed by atoms with Crippen molar-refractivity contribution in [3.05, 3.63) is 71.3 Å². The summed E-state index contributed by atoms with van der Waals surface area (Å²) in [6.07, 6.45) is 0. The number of nitrogens with one attached hydrogen (secondary N) is 1. The Morgan fingerprint density at radius 3 is 2.38 bits per heavy atom. The summed E-state index contributed by atoms with van der Waals surface area (Å²) < 4.78 is 5.09. The Morgan fingerprint density at radius 2 is 1.67 bits per heavy atom. The summed E-state index contributed by atoms with van der Waals surface area (Å²) in [5, 5.41) is 2.56. The Morgan fingerprint density at radius 1 is 1.00 bits per heavy atom. The maximum absolute atomic E-state index is 11.9. The van der Waals surface area contributed by atoms with E-state index >= 15 is 0 Å². The maximum Gasteiger partial charge on any atom is 0.325 e. The molecule has 0 atom stereocenters. The van der Waals surface area contributed by atoms with Crippen molar-refractivity contribution in [2.24, 2.45) is 0 Å². The molecule has 0 aliphatic heterocycles. The summed E-state index contributed by atoms with van der Waals surface area (Å²) >= 11 is 0. The van der Waals surface area contributed by atoms with E-state index in [4.69, 9.17) is 4.74 Å². The van der Waals surface area contributed by atoms with Crippen LogP contribution in [0.25, 0.3) is 0 Å². The molecule has 1 N–H and O–H groups in total. The molecule has 0 aliphatic rings. The van der Waals surface area contributed by atoms with Crippen LogP contribution >= 0.6 is 0 Å². The number of carbonyl (C=O) groups is 2. The Bertz CT molecular complexity index is 623. The number of esters is 1. The highest BCUT2D eigenvalue weighted by molar-refractivity contribution is 5.97. The van der Waals surface area contributed by atoms with Crippen LogP contribution < -0.4 is 5.32 Å². The Kier molecular flexibility index (Phi) is 5.10. The highest BCUT2D eigenvalue weighted by atomic mass is 16.5. The van der Waals surface area contributed by atoms with Crippen molar-refractivity contribution in [1.29, 1.82) is 0 Å². The molecule has 1 amide bonds. The molecule has 0 spiro atoms. The molecular formula is C17H17NO3. The lowest BCUT2D eigenvalue weighted by Gasteiger charge is -2.08. The van der Waals surface area contributed by atoms with Gasteiger partial charge in [-0.05, 0) is 24.1 Å². The van der Waals surface area contributed by atoms with Crippen LogP contribution in [0.4, 0.5) is 0 Å². The smallest absolute Gasteiger partial charge is 0.325 e. The van der Waals surface area contributed by atoms with E-state index in [1.54, 1.807) is 12.1 Å². The van der Waals surface area contributed by atoms with Gasteiger partial charge in [0, 0.05) is 5.56 Å². The standard InChI is InChI=1S/C17H17NO3/c1-13-7-5-6-10-15(13)17(20)18-11-16(19)21-12-14-8-3-2-4-9-14/h2-10H,11-12H2,1H3,(H,18,20). The van der Waals surface area contributed by atoms with Crippen LogP contribution in [0.5, 0.6) is 0 Å². The molecule has 4 nitrogen and oxygen atoms in total. The number of ether oxygens (including phenoxy) is 1. The molecule has 2 aromatic carbocycles. The quantitative estimate of drug-likeness (QED) is 0.858. The zero-order valence-corrected chi connectivity index (χ0v) is 11.8. The lowest BCUT2D eigenvalue weighted by molar-refractivity contribution is -0.143. The highest BCUT2D eigenvalue weighted by Gasteiger charge is 2.10. The molecule has 0 unspecified atom stereocenters.